The van der Waals surface area contributed by atoms with Crippen LogP contribution >= 0.6 is 0 Å². The Hall–Kier alpha value is -2.05. The maximum Gasteiger partial charge on any atom is 0.326 e. The number of imidazole rings is 1. The van der Waals surface area contributed by atoms with Crippen LogP contribution in [0.3, 0.4) is 0 Å². The van der Waals surface area contributed by atoms with Crippen LogP contribution in [0.25, 0.3) is 0 Å². The van der Waals surface area contributed by atoms with Crippen molar-refractivity contribution in [3.8, 4) is 0 Å². The number of aliphatic carboxylic acids is 1. The van der Waals surface area contributed by atoms with Gasteiger partial charge in [0.15, 0.2) is 0 Å². The van der Waals surface area contributed by atoms with Crippen molar-refractivity contribution in [2.75, 3.05) is 0 Å². The molecular formula is C14H24N4O3. The number of H-pyrrole nitrogens is 1. The van der Waals surface area contributed by atoms with Gasteiger partial charge in [-0.05, 0) is 13.3 Å². The summed E-state index contributed by atoms with van der Waals surface area (Å²) < 4.78 is 0. The van der Waals surface area contributed by atoms with E-state index in [2.05, 4.69) is 27.5 Å². The van der Waals surface area contributed by atoms with Crippen molar-refractivity contribution in [3.63, 3.8) is 0 Å². The first kappa shape index (κ1) is 17.0. The van der Waals surface area contributed by atoms with Crippen molar-refractivity contribution in [1.82, 2.24) is 20.6 Å². The summed E-state index contributed by atoms with van der Waals surface area (Å²) in [5, 5.41) is 14.4. The molecule has 0 bridgehead atoms. The summed E-state index contributed by atoms with van der Waals surface area (Å²) in [5.74, 6) is -1.07. The SMILES string of the molecule is CCCCCC(C)NC(=O)NC(Cc1cnc[nH]1)C(=O)O. The molecule has 7 heteroatoms. The molecule has 21 heavy (non-hydrogen) atoms. The highest BCUT2D eigenvalue weighted by Crippen LogP contribution is 2.03. The number of urea groups is 1. The van der Waals surface area contributed by atoms with Gasteiger partial charge >= 0.3 is 12.0 Å². The van der Waals surface area contributed by atoms with E-state index in [0.29, 0.717) is 5.69 Å². The van der Waals surface area contributed by atoms with E-state index < -0.39 is 18.0 Å². The first-order valence-corrected chi connectivity index (χ1v) is 7.30. The third kappa shape index (κ3) is 6.78. The maximum absolute atomic E-state index is 11.8. The second-order valence-corrected chi connectivity index (χ2v) is 5.19. The van der Waals surface area contributed by atoms with Crippen LogP contribution < -0.4 is 10.6 Å². The highest BCUT2D eigenvalue weighted by Gasteiger charge is 2.21. The molecule has 0 aliphatic heterocycles. The first-order valence-electron chi connectivity index (χ1n) is 7.30. The molecule has 0 spiro atoms. The lowest BCUT2D eigenvalue weighted by atomic mass is 10.1. The number of hydrogen-bond acceptors (Lipinski definition) is 3. The molecule has 1 heterocycles. The highest BCUT2D eigenvalue weighted by atomic mass is 16.4. The summed E-state index contributed by atoms with van der Waals surface area (Å²) in [7, 11) is 0. The highest BCUT2D eigenvalue weighted by molar-refractivity contribution is 5.82. The van der Waals surface area contributed by atoms with Gasteiger partial charge in [0.2, 0.25) is 0 Å². The fourth-order valence-corrected chi connectivity index (χ4v) is 2.01. The molecule has 2 unspecified atom stereocenters. The predicted molar refractivity (Wildman–Crippen MR) is 79.0 cm³/mol. The molecule has 4 N–H and O–H groups in total. The lowest BCUT2D eigenvalue weighted by molar-refractivity contribution is -0.139. The van der Waals surface area contributed by atoms with Crippen molar-refractivity contribution in [3.05, 3.63) is 18.2 Å². The summed E-state index contributed by atoms with van der Waals surface area (Å²) >= 11 is 0. The van der Waals surface area contributed by atoms with Gasteiger partial charge in [-0.3, -0.25) is 0 Å². The lowest BCUT2D eigenvalue weighted by Gasteiger charge is -2.18. The number of carbonyl (C=O) groups excluding carboxylic acids is 1. The number of nitrogens with one attached hydrogen (secondary N) is 3. The van der Waals surface area contributed by atoms with Crippen LogP contribution in [0.15, 0.2) is 12.5 Å². The minimum Gasteiger partial charge on any atom is -0.480 e. The topological polar surface area (TPSA) is 107 Å². The molecule has 7 nitrogen and oxygen atoms in total. The van der Waals surface area contributed by atoms with Crippen LogP contribution in [0.1, 0.15) is 45.2 Å². The fraction of sp³-hybridized carbons (Fsp3) is 0.643. The van der Waals surface area contributed by atoms with Gasteiger partial charge in [0, 0.05) is 24.4 Å². The number of carbonyl (C=O) groups is 2. The van der Waals surface area contributed by atoms with Gasteiger partial charge in [0.1, 0.15) is 6.04 Å². The summed E-state index contributed by atoms with van der Waals surface area (Å²) in [5.41, 5.74) is 0.665. The van der Waals surface area contributed by atoms with E-state index in [0.717, 1.165) is 25.7 Å². The molecule has 0 saturated carbocycles. The second kappa shape index (κ2) is 8.99. The van der Waals surface area contributed by atoms with E-state index >= 15 is 0 Å². The number of rotatable bonds is 9. The smallest absolute Gasteiger partial charge is 0.326 e. The van der Waals surface area contributed by atoms with Crippen LogP contribution in [0.2, 0.25) is 0 Å². The number of aromatic nitrogens is 2. The molecule has 1 aromatic rings. The zero-order chi connectivity index (χ0) is 15.7. The number of nitrogens with zero attached hydrogens (tertiary/aromatic N) is 1. The zero-order valence-corrected chi connectivity index (χ0v) is 12.6. The zero-order valence-electron chi connectivity index (χ0n) is 12.6. The fourth-order valence-electron chi connectivity index (χ4n) is 2.01. The summed E-state index contributed by atoms with van der Waals surface area (Å²) in [6.45, 7) is 4.04. The molecular weight excluding hydrogens is 272 g/mol. The number of aromatic amines is 1. The van der Waals surface area contributed by atoms with E-state index in [9.17, 15) is 9.59 Å². The first-order chi connectivity index (χ1) is 10.0. The predicted octanol–water partition coefficient (Wildman–Crippen LogP) is 1.67. The quantitative estimate of drug-likeness (QED) is 0.520. The normalized spacial score (nSPS) is 13.4. The Morgan fingerprint density at radius 3 is 2.71 bits per heavy atom. The minimum absolute atomic E-state index is 0.0261. The summed E-state index contributed by atoms with van der Waals surface area (Å²) in [6.07, 6.45) is 7.39. The van der Waals surface area contributed by atoms with Crippen LogP contribution in [0.4, 0.5) is 4.79 Å². The van der Waals surface area contributed by atoms with Crippen molar-refractivity contribution < 1.29 is 14.7 Å². The minimum atomic E-state index is -1.07. The van der Waals surface area contributed by atoms with Crippen LogP contribution in [0, 0.1) is 0 Å². The molecule has 1 rings (SSSR count). The van der Waals surface area contributed by atoms with Gasteiger partial charge in [-0.2, -0.15) is 0 Å². The van der Waals surface area contributed by atoms with E-state index in [-0.39, 0.29) is 12.5 Å². The average molecular weight is 296 g/mol. The van der Waals surface area contributed by atoms with Gasteiger partial charge < -0.3 is 20.7 Å². The Morgan fingerprint density at radius 1 is 1.38 bits per heavy atom. The molecule has 2 atom stereocenters. The average Bonchev–Trinajstić information content (AvgIpc) is 2.91. The van der Waals surface area contributed by atoms with Crippen molar-refractivity contribution >= 4 is 12.0 Å². The van der Waals surface area contributed by atoms with Crippen LogP contribution in [-0.2, 0) is 11.2 Å². The summed E-state index contributed by atoms with van der Waals surface area (Å²) in [6, 6.07) is -1.41. The molecule has 0 aromatic carbocycles. The van der Waals surface area contributed by atoms with Gasteiger partial charge in [0.05, 0.1) is 6.33 Å². The molecule has 0 aliphatic carbocycles. The van der Waals surface area contributed by atoms with E-state index in [4.69, 9.17) is 5.11 Å². The second-order valence-electron chi connectivity index (χ2n) is 5.19. The largest absolute Gasteiger partial charge is 0.480 e. The lowest BCUT2D eigenvalue weighted by Crippen LogP contribution is -2.49. The van der Waals surface area contributed by atoms with E-state index in [1.807, 2.05) is 6.92 Å². The van der Waals surface area contributed by atoms with E-state index in [1.165, 1.54) is 6.33 Å². The van der Waals surface area contributed by atoms with E-state index in [1.54, 1.807) is 6.20 Å². The van der Waals surface area contributed by atoms with Crippen molar-refractivity contribution in [1.29, 1.82) is 0 Å². The number of amides is 2. The number of hydrogen-bond donors (Lipinski definition) is 4. The molecule has 118 valence electrons. The maximum atomic E-state index is 11.8. The Balaban J connectivity index is 2.40. The van der Waals surface area contributed by atoms with Gasteiger partial charge in [-0.1, -0.05) is 26.2 Å². The number of carboxylic acid groups (broad SMARTS) is 1. The molecule has 0 fully saturated rings. The molecule has 0 aliphatic rings. The van der Waals surface area contributed by atoms with Gasteiger partial charge in [-0.15, -0.1) is 0 Å². The summed E-state index contributed by atoms with van der Waals surface area (Å²) in [4.78, 5) is 29.7. The Labute approximate surface area is 124 Å². The Morgan fingerprint density at radius 2 is 2.14 bits per heavy atom. The van der Waals surface area contributed by atoms with Crippen LogP contribution in [-0.4, -0.2) is 39.2 Å². The van der Waals surface area contributed by atoms with Gasteiger partial charge in [0.25, 0.3) is 0 Å². The standard InChI is InChI=1S/C14H24N4O3/c1-3-4-5-6-10(2)17-14(21)18-12(13(19)20)7-11-8-15-9-16-11/h8-10,12H,3-7H2,1-2H3,(H,15,16)(H,19,20)(H2,17,18,21). The monoisotopic (exact) mass is 296 g/mol. The van der Waals surface area contributed by atoms with Crippen molar-refractivity contribution in [2.45, 2.75) is 58.0 Å². The molecule has 2 amide bonds. The number of carboxylic acids is 1. The van der Waals surface area contributed by atoms with Gasteiger partial charge in [-0.25, -0.2) is 14.6 Å². The van der Waals surface area contributed by atoms with Crippen molar-refractivity contribution in [2.24, 2.45) is 0 Å². The Kier molecular flexibility index (Phi) is 7.28. The third-order valence-corrected chi connectivity index (χ3v) is 3.20. The third-order valence-electron chi connectivity index (χ3n) is 3.20. The molecule has 0 radical (unpaired) electrons. The Bertz CT molecular complexity index is 433. The number of unbranched alkanes of at least 4 members (excludes halogenated alkanes) is 2. The van der Waals surface area contributed by atoms with Crippen LogP contribution in [0.5, 0.6) is 0 Å². The molecule has 0 saturated heterocycles. The molecule has 1 aromatic heterocycles.